The summed E-state index contributed by atoms with van der Waals surface area (Å²) in [7, 11) is 0. The number of carbonyl (C=O) groups is 1. The van der Waals surface area contributed by atoms with Crippen LogP contribution in [0.5, 0.6) is 0 Å². The molecule has 0 bridgehead atoms. The molecule has 0 aromatic heterocycles. The molecule has 2 aliphatic heterocycles. The first kappa shape index (κ1) is 17.2. The Kier molecular flexibility index (Phi) is 4.83. The number of amides is 2. The average Bonchev–Trinajstić information content (AvgIpc) is 2.55. The van der Waals surface area contributed by atoms with Crippen molar-refractivity contribution in [2.75, 3.05) is 38.1 Å². The standard InChI is InChI=1S/C19H29N3O2/c1-18(2,3)15-6-4-5-7-16(15)21-17(23)22-12-13-24-19(14-22)8-10-20-11-9-19/h4-7,20H,8-14H2,1-3H3,(H,21,23). The van der Waals surface area contributed by atoms with Gasteiger partial charge in [0.15, 0.2) is 0 Å². The maximum absolute atomic E-state index is 12.8. The molecule has 2 saturated heterocycles. The number of nitrogens with one attached hydrogen (secondary N) is 2. The first-order valence-electron chi connectivity index (χ1n) is 8.90. The number of urea groups is 1. The fraction of sp³-hybridized carbons (Fsp3) is 0.632. The number of carbonyl (C=O) groups excluding carboxylic acids is 1. The van der Waals surface area contributed by atoms with Crippen molar-refractivity contribution < 1.29 is 9.53 Å². The summed E-state index contributed by atoms with van der Waals surface area (Å²) < 4.78 is 6.05. The number of rotatable bonds is 1. The number of hydrogen-bond acceptors (Lipinski definition) is 3. The normalized spacial score (nSPS) is 20.9. The van der Waals surface area contributed by atoms with Gasteiger partial charge in [0.1, 0.15) is 0 Å². The summed E-state index contributed by atoms with van der Waals surface area (Å²) >= 11 is 0. The Morgan fingerprint density at radius 3 is 2.67 bits per heavy atom. The van der Waals surface area contributed by atoms with Crippen LogP contribution in [0.4, 0.5) is 10.5 Å². The molecule has 2 aliphatic rings. The molecule has 0 atom stereocenters. The van der Waals surface area contributed by atoms with Crippen LogP contribution in [0.15, 0.2) is 24.3 Å². The van der Waals surface area contributed by atoms with Gasteiger partial charge in [-0.2, -0.15) is 0 Å². The van der Waals surface area contributed by atoms with E-state index < -0.39 is 0 Å². The molecule has 132 valence electrons. The molecule has 24 heavy (non-hydrogen) atoms. The Bertz CT molecular complexity index is 583. The Hall–Kier alpha value is -1.59. The highest BCUT2D eigenvalue weighted by atomic mass is 16.5. The van der Waals surface area contributed by atoms with Crippen LogP contribution >= 0.6 is 0 Å². The van der Waals surface area contributed by atoms with Gasteiger partial charge >= 0.3 is 6.03 Å². The van der Waals surface area contributed by atoms with Crippen LogP contribution in [0.3, 0.4) is 0 Å². The molecular formula is C19H29N3O2. The number of piperidine rings is 1. The van der Waals surface area contributed by atoms with Crippen molar-refractivity contribution in [3.63, 3.8) is 0 Å². The van der Waals surface area contributed by atoms with Gasteiger partial charge in [-0.1, -0.05) is 39.0 Å². The van der Waals surface area contributed by atoms with Crippen LogP contribution < -0.4 is 10.6 Å². The largest absolute Gasteiger partial charge is 0.371 e. The number of morpholine rings is 1. The number of para-hydroxylation sites is 1. The zero-order valence-electron chi connectivity index (χ0n) is 15.0. The van der Waals surface area contributed by atoms with Gasteiger partial charge in [0.2, 0.25) is 0 Å². The fourth-order valence-corrected chi connectivity index (χ4v) is 3.64. The number of anilines is 1. The van der Waals surface area contributed by atoms with E-state index in [1.165, 1.54) is 0 Å². The number of nitrogens with zero attached hydrogens (tertiary/aromatic N) is 1. The molecule has 2 N–H and O–H groups in total. The molecule has 5 heteroatoms. The van der Waals surface area contributed by atoms with E-state index in [2.05, 4.69) is 37.5 Å². The third-order valence-electron chi connectivity index (χ3n) is 5.03. The van der Waals surface area contributed by atoms with Gasteiger partial charge in [0.05, 0.1) is 18.8 Å². The molecule has 5 nitrogen and oxygen atoms in total. The lowest BCUT2D eigenvalue weighted by atomic mass is 9.86. The van der Waals surface area contributed by atoms with Gasteiger partial charge in [0, 0.05) is 12.2 Å². The maximum atomic E-state index is 12.8. The van der Waals surface area contributed by atoms with Gasteiger partial charge < -0.3 is 20.3 Å². The molecule has 1 spiro atoms. The third kappa shape index (κ3) is 3.73. The minimum Gasteiger partial charge on any atom is -0.371 e. The molecule has 0 unspecified atom stereocenters. The lowest BCUT2D eigenvalue weighted by Gasteiger charge is -2.45. The Morgan fingerprint density at radius 1 is 1.25 bits per heavy atom. The summed E-state index contributed by atoms with van der Waals surface area (Å²) in [6, 6.07) is 8.04. The van der Waals surface area contributed by atoms with E-state index in [9.17, 15) is 4.79 Å². The quantitative estimate of drug-likeness (QED) is 0.832. The Morgan fingerprint density at radius 2 is 1.96 bits per heavy atom. The van der Waals surface area contributed by atoms with Crippen molar-refractivity contribution in [2.24, 2.45) is 0 Å². The topological polar surface area (TPSA) is 53.6 Å². The van der Waals surface area contributed by atoms with E-state index in [1.807, 2.05) is 23.1 Å². The van der Waals surface area contributed by atoms with Crippen molar-refractivity contribution in [2.45, 2.75) is 44.6 Å². The Labute approximate surface area is 144 Å². The Balaban J connectivity index is 1.71. The fourth-order valence-electron chi connectivity index (χ4n) is 3.64. The molecule has 0 radical (unpaired) electrons. The highest BCUT2D eigenvalue weighted by Crippen LogP contribution is 2.31. The first-order valence-corrected chi connectivity index (χ1v) is 8.90. The predicted molar refractivity (Wildman–Crippen MR) is 96.5 cm³/mol. The highest BCUT2D eigenvalue weighted by Gasteiger charge is 2.39. The van der Waals surface area contributed by atoms with Crippen LogP contribution in [-0.2, 0) is 10.2 Å². The summed E-state index contributed by atoms with van der Waals surface area (Å²) in [4.78, 5) is 14.7. The van der Waals surface area contributed by atoms with Gasteiger partial charge in [-0.15, -0.1) is 0 Å². The molecule has 3 rings (SSSR count). The minimum atomic E-state index is -0.162. The van der Waals surface area contributed by atoms with Crippen LogP contribution in [0.25, 0.3) is 0 Å². The summed E-state index contributed by atoms with van der Waals surface area (Å²) in [6.45, 7) is 10.4. The SMILES string of the molecule is CC(C)(C)c1ccccc1NC(=O)N1CCOC2(CCNCC2)C1. The second-order valence-electron chi connectivity index (χ2n) is 7.93. The number of hydrogen-bond donors (Lipinski definition) is 2. The van der Waals surface area contributed by atoms with E-state index >= 15 is 0 Å². The van der Waals surface area contributed by atoms with Crippen LogP contribution in [0, 0.1) is 0 Å². The highest BCUT2D eigenvalue weighted by molar-refractivity contribution is 5.90. The van der Waals surface area contributed by atoms with E-state index in [-0.39, 0.29) is 17.0 Å². The monoisotopic (exact) mass is 331 g/mol. The van der Waals surface area contributed by atoms with E-state index in [1.54, 1.807) is 0 Å². The lowest BCUT2D eigenvalue weighted by Crippen LogP contribution is -2.58. The van der Waals surface area contributed by atoms with E-state index in [0.717, 1.165) is 37.2 Å². The van der Waals surface area contributed by atoms with Crippen molar-refractivity contribution in [1.29, 1.82) is 0 Å². The summed E-state index contributed by atoms with van der Waals surface area (Å²) in [6.07, 6.45) is 1.94. The molecule has 1 aromatic carbocycles. The van der Waals surface area contributed by atoms with Crippen LogP contribution in [0.1, 0.15) is 39.2 Å². The molecule has 2 amide bonds. The van der Waals surface area contributed by atoms with Crippen molar-refractivity contribution in [3.05, 3.63) is 29.8 Å². The zero-order chi connectivity index (χ0) is 17.2. The van der Waals surface area contributed by atoms with Crippen molar-refractivity contribution >= 4 is 11.7 Å². The van der Waals surface area contributed by atoms with Crippen LogP contribution in [-0.4, -0.2) is 49.3 Å². The summed E-state index contributed by atoms with van der Waals surface area (Å²) in [5, 5.41) is 6.49. The van der Waals surface area contributed by atoms with E-state index in [4.69, 9.17) is 4.74 Å². The molecule has 2 heterocycles. The second-order valence-corrected chi connectivity index (χ2v) is 7.93. The molecule has 2 fully saturated rings. The van der Waals surface area contributed by atoms with Gasteiger partial charge in [0.25, 0.3) is 0 Å². The average molecular weight is 331 g/mol. The number of benzene rings is 1. The van der Waals surface area contributed by atoms with E-state index in [0.29, 0.717) is 19.7 Å². The molecule has 1 aromatic rings. The van der Waals surface area contributed by atoms with Crippen LogP contribution in [0.2, 0.25) is 0 Å². The van der Waals surface area contributed by atoms with Crippen molar-refractivity contribution in [1.82, 2.24) is 10.2 Å². The summed E-state index contributed by atoms with van der Waals surface area (Å²) in [5.74, 6) is 0. The van der Waals surface area contributed by atoms with Gasteiger partial charge in [-0.25, -0.2) is 4.79 Å². The summed E-state index contributed by atoms with van der Waals surface area (Å²) in [5.41, 5.74) is 1.89. The molecule has 0 aliphatic carbocycles. The number of ether oxygens (including phenoxy) is 1. The third-order valence-corrected chi connectivity index (χ3v) is 5.03. The molecular weight excluding hydrogens is 302 g/mol. The smallest absolute Gasteiger partial charge is 0.322 e. The second kappa shape index (κ2) is 6.73. The van der Waals surface area contributed by atoms with Crippen molar-refractivity contribution in [3.8, 4) is 0 Å². The van der Waals surface area contributed by atoms with Gasteiger partial charge in [-0.05, 0) is 43.0 Å². The lowest BCUT2D eigenvalue weighted by molar-refractivity contribution is -0.111. The minimum absolute atomic E-state index is 0.00879. The maximum Gasteiger partial charge on any atom is 0.322 e. The predicted octanol–water partition coefficient (Wildman–Crippen LogP) is 2.97. The molecule has 0 saturated carbocycles. The van der Waals surface area contributed by atoms with Gasteiger partial charge in [-0.3, -0.25) is 0 Å². The zero-order valence-corrected chi connectivity index (χ0v) is 15.0. The first-order chi connectivity index (χ1) is 11.4.